The number of benzene rings is 1. The van der Waals surface area contributed by atoms with Gasteiger partial charge in [0.2, 0.25) is 0 Å². The summed E-state index contributed by atoms with van der Waals surface area (Å²) in [5.74, 6) is 0. The zero-order valence-electron chi connectivity index (χ0n) is 12.1. The van der Waals surface area contributed by atoms with Gasteiger partial charge in [-0.25, -0.2) is 4.68 Å². The lowest BCUT2D eigenvalue weighted by atomic mass is 10.0. The van der Waals surface area contributed by atoms with E-state index >= 15 is 0 Å². The Kier molecular flexibility index (Phi) is 4.05. The minimum absolute atomic E-state index is 0.440. The van der Waals surface area contributed by atoms with Crippen LogP contribution in [0.1, 0.15) is 48.9 Å². The highest BCUT2D eigenvalue weighted by molar-refractivity contribution is 5.44. The summed E-state index contributed by atoms with van der Waals surface area (Å²) in [5, 5.41) is 14.8. The van der Waals surface area contributed by atoms with E-state index in [-0.39, 0.29) is 0 Å². The predicted molar refractivity (Wildman–Crippen MR) is 77.7 cm³/mol. The van der Waals surface area contributed by atoms with Crippen LogP contribution >= 0.6 is 0 Å². The van der Waals surface area contributed by atoms with Crippen LogP contribution in [0.2, 0.25) is 0 Å². The Labute approximate surface area is 114 Å². The van der Waals surface area contributed by atoms with Crippen LogP contribution in [0.3, 0.4) is 0 Å². The lowest BCUT2D eigenvalue weighted by molar-refractivity contribution is 0.173. The molecule has 1 N–H and O–H groups in total. The van der Waals surface area contributed by atoms with Crippen molar-refractivity contribution in [1.29, 1.82) is 0 Å². The molecule has 0 saturated heterocycles. The molecule has 19 heavy (non-hydrogen) atoms. The number of hydrogen-bond acceptors (Lipinski definition) is 2. The van der Waals surface area contributed by atoms with Gasteiger partial charge in [-0.2, -0.15) is 5.10 Å². The number of aliphatic hydroxyl groups excluding tert-OH is 1. The fraction of sp³-hybridized carbons (Fsp3) is 0.438. The van der Waals surface area contributed by atoms with Crippen molar-refractivity contribution in [2.24, 2.45) is 0 Å². The highest BCUT2D eigenvalue weighted by Crippen LogP contribution is 2.26. The van der Waals surface area contributed by atoms with E-state index < -0.39 is 6.10 Å². The summed E-state index contributed by atoms with van der Waals surface area (Å²) in [6.45, 7) is 8.27. The van der Waals surface area contributed by atoms with E-state index in [4.69, 9.17) is 0 Å². The van der Waals surface area contributed by atoms with E-state index in [9.17, 15) is 5.11 Å². The number of hydrogen-bond donors (Lipinski definition) is 1. The van der Waals surface area contributed by atoms with Gasteiger partial charge in [-0.15, -0.1) is 0 Å². The van der Waals surface area contributed by atoms with Crippen molar-refractivity contribution in [3.63, 3.8) is 0 Å². The van der Waals surface area contributed by atoms with E-state index in [0.717, 1.165) is 29.1 Å². The summed E-state index contributed by atoms with van der Waals surface area (Å²) in [7, 11) is 0. The first-order valence-corrected chi connectivity index (χ1v) is 6.92. The molecule has 0 saturated carbocycles. The number of rotatable bonds is 4. The first kappa shape index (κ1) is 13.8. The van der Waals surface area contributed by atoms with E-state index in [2.05, 4.69) is 18.9 Å². The van der Waals surface area contributed by atoms with Crippen LogP contribution in [-0.2, 0) is 6.42 Å². The monoisotopic (exact) mass is 258 g/mol. The summed E-state index contributed by atoms with van der Waals surface area (Å²) in [6, 6.07) is 7.95. The molecule has 0 aliphatic heterocycles. The van der Waals surface area contributed by atoms with Gasteiger partial charge in [-0.1, -0.05) is 32.0 Å². The van der Waals surface area contributed by atoms with Crippen molar-refractivity contribution in [1.82, 2.24) is 9.78 Å². The molecule has 1 aromatic heterocycles. The normalized spacial score (nSPS) is 12.7. The maximum absolute atomic E-state index is 10.2. The zero-order chi connectivity index (χ0) is 14.0. The third-order valence-electron chi connectivity index (χ3n) is 3.71. The van der Waals surface area contributed by atoms with Crippen molar-refractivity contribution in [2.75, 3.05) is 0 Å². The summed E-state index contributed by atoms with van der Waals surface area (Å²) in [6.07, 6.45) is 1.25. The maximum Gasteiger partial charge on any atom is 0.0808 e. The van der Waals surface area contributed by atoms with E-state index in [1.807, 2.05) is 42.8 Å². The second-order valence-electron chi connectivity index (χ2n) is 4.90. The number of aromatic nitrogens is 2. The summed E-state index contributed by atoms with van der Waals surface area (Å²) in [4.78, 5) is 0. The fourth-order valence-electron chi connectivity index (χ4n) is 2.60. The standard InChI is InChI=1S/C16H22N2O/c1-5-13-11(3)17-18(12(13)4)15-10-8-7-9-14(15)16(19)6-2/h7-10,16,19H,5-6H2,1-4H3/t16-/m0/s1. The van der Waals surface area contributed by atoms with E-state index in [0.29, 0.717) is 6.42 Å². The molecule has 1 atom stereocenters. The molecule has 0 spiro atoms. The maximum atomic E-state index is 10.2. The minimum atomic E-state index is -0.440. The molecule has 102 valence electrons. The van der Waals surface area contributed by atoms with Crippen LogP contribution in [0.15, 0.2) is 24.3 Å². The van der Waals surface area contributed by atoms with Gasteiger partial charge in [0, 0.05) is 11.3 Å². The van der Waals surface area contributed by atoms with Crippen molar-refractivity contribution in [3.8, 4) is 5.69 Å². The Morgan fingerprint density at radius 1 is 1.21 bits per heavy atom. The number of aliphatic hydroxyl groups is 1. The van der Waals surface area contributed by atoms with Gasteiger partial charge in [-0.3, -0.25) is 0 Å². The fourth-order valence-corrected chi connectivity index (χ4v) is 2.60. The summed E-state index contributed by atoms with van der Waals surface area (Å²) >= 11 is 0. The van der Waals surface area contributed by atoms with Crippen LogP contribution in [0.5, 0.6) is 0 Å². The second-order valence-corrected chi connectivity index (χ2v) is 4.90. The molecule has 0 amide bonds. The molecule has 1 heterocycles. The molecular formula is C16H22N2O. The van der Waals surface area contributed by atoms with Gasteiger partial charge in [0.15, 0.2) is 0 Å². The second kappa shape index (κ2) is 5.57. The van der Waals surface area contributed by atoms with Gasteiger partial charge in [0.25, 0.3) is 0 Å². The molecule has 2 rings (SSSR count). The molecule has 0 bridgehead atoms. The van der Waals surface area contributed by atoms with Crippen molar-refractivity contribution in [2.45, 2.75) is 46.6 Å². The number of nitrogens with zero attached hydrogens (tertiary/aromatic N) is 2. The molecule has 2 aromatic rings. The van der Waals surface area contributed by atoms with Crippen molar-refractivity contribution >= 4 is 0 Å². The Balaban J connectivity index is 2.59. The molecule has 0 aliphatic carbocycles. The van der Waals surface area contributed by atoms with Gasteiger partial charge >= 0.3 is 0 Å². The molecule has 1 aromatic carbocycles. The van der Waals surface area contributed by atoms with E-state index in [1.165, 1.54) is 5.56 Å². The highest BCUT2D eigenvalue weighted by atomic mass is 16.3. The molecule has 0 radical (unpaired) electrons. The van der Waals surface area contributed by atoms with Gasteiger partial charge in [0.1, 0.15) is 0 Å². The molecule has 3 heteroatoms. The lowest BCUT2D eigenvalue weighted by Gasteiger charge is -2.15. The molecular weight excluding hydrogens is 236 g/mol. The van der Waals surface area contributed by atoms with Gasteiger partial charge in [-0.05, 0) is 38.3 Å². The predicted octanol–water partition coefficient (Wildman–Crippen LogP) is 3.49. The largest absolute Gasteiger partial charge is 0.388 e. The number of para-hydroxylation sites is 1. The average molecular weight is 258 g/mol. The smallest absolute Gasteiger partial charge is 0.0808 e. The zero-order valence-corrected chi connectivity index (χ0v) is 12.1. The van der Waals surface area contributed by atoms with Crippen LogP contribution in [0.4, 0.5) is 0 Å². The molecule has 0 unspecified atom stereocenters. The SMILES string of the molecule is CCc1c(C)nn(-c2ccccc2[C@@H](O)CC)c1C. The first-order chi connectivity index (χ1) is 9.10. The van der Waals surface area contributed by atoms with Gasteiger partial charge < -0.3 is 5.11 Å². The average Bonchev–Trinajstić information content (AvgIpc) is 2.72. The van der Waals surface area contributed by atoms with Gasteiger partial charge in [0.05, 0.1) is 17.5 Å². The molecule has 0 aliphatic rings. The summed E-state index contributed by atoms with van der Waals surface area (Å²) in [5.41, 5.74) is 5.45. The Hall–Kier alpha value is -1.61. The van der Waals surface area contributed by atoms with Crippen LogP contribution in [-0.4, -0.2) is 14.9 Å². The van der Waals surface area contributed by atoms with Crippen LogP contribution in [0.25, 0.3) is 5.69 Å². The third kappa shape index (κ3) is 2.43. The molecule has 0 fully saturated rings. The van der Waals surface area contributed by atoms with Crippen molar-refractivity contribution in [3.05, 3.63) is 46.8 Å². The Morgan fingerprint density at radius 2 is 1.89 bits per heavy atom. The van der Waals surface area contributed by atoms with E-state index in [1.54, 1.807) is 0 Å². The molecule has 3 nitrogen and oxygen atoms in total. The quantitative estimate of drug-likeness (QED) is 0.911. The van der Waals surface area contributed by atoms with Crippen LogP contribution in [0, 0.1) is 13.8 Å². The third-order valence-corrected chi connectivity index (χ3v) is 3.71. The minimum Gasteiger partial charge on any atom is -0.388 e. The first-order valence-electron chi connectivity index (χ1n) is 6.92. The lowest BCUT2D eigenvalue weighted by Crippen LogP contribution is -2.07. The highest BCUT2D eigenvalue weighted by Gasteiger charge is 2.16. The number of aryl methyl sites for hydroxylation is 1. The van der Waals surface area contributed by atoms with Crippen LogP contribution < -0.4 is 0 Å². The topological polar surface area (TPSA) is 38.0 Å². The van der Waals surface area contributed by atoms with Crippen molar-refractivity contribution < 1.29 is 5.11 Å². The Bertz CT molecular complexity index is 572. The Morgan fingerprint density at radius 3 is 2.47 bits per heavy atom. The summed E-state index contributed by atoms with van der Waals surface area (Å²) < 4.78 is 1.96.